The topological polar surface area (TPSA) is 89.2 Å². The van der Waals surface area contributed by atoms with Gasteiger partial charge < -0.3 is 31.9 Å². The second-order valence-electron chi connectivity index (χ2n) is 8.68. The molecule has 0 unspecified atom stereocenters. The van der Waals surface area contributed by atoms with E-state index in [-0.39, 0.29) is 15.4 Å². The highest BCUT2D eigenvalue weighted by Crippen LogP contribution is 2.09. The van der Waals surface area contributed by atoms with Crippen LogP contribution in [0.1, 0.15) is 40.5 Å². The Kier molecular flexibility index (Phi) is 17.6. The molecule has 0 saturated carbocycles. The van der Waals surface area contributed by atoms with Crippen molar-refractivity contribution in [3.8, 4) is 0 Å². The fourth-order valence-electron chi connectivity index (χ4n) is 2.44. The first-order chi connectivity index (χ1) is 13.6. The number of nitrogens with one attached hydrogen (secondary N) is 6. The Morgan fingerprint density at radius 3 is 1.69 bits per heavy atom. The molecule has 1 fully saturated rings. The maximum Gasteiger partial charge on any atom is 0.221 e. The summed E-state index contributed by atoms with van der Waals surface area (Å²) in [5.74, 6) is 0.134. The molecule has 0 atom stereocenters. The van der Waals surface area contributed by atoms with Crippen LogP contribution in [0.4, 0.5) is 0 Å². The lowest BCUT2D eigenvalue weighted by Gasteiger charge is -2.20. The van der Waals surface area contributed by atoms with Gasteiger partial charge in [-0.3, -0.25) is 4.79 Å². The van der Waals surface area contributed by atoms with Crippen molar-refractivity contribution in [1.82, 2.24) is 31.9 Å². The van der Waals surface area contributed by atoms with Crippen molar-refractivity contribution < 1.29 is 4.79 Å². The van der Waals surface area contributed by atoms with Crippen LogP contribution < -0.4 is 31.9 Å². The zero-order valence-electron chi connectivity index (χ0n) is 19.0. The lowest BCUT2D eigenvalue weighted by Crippen LogP contribution is -2.38. The third kappa shape index (κ3) is 25.9. The first-order valence-electron chi connectivity index (χ1n) is 10.9. The molecule has 1 heterocycles. The summed E-state index contributed by atoms with van der Waals surface area (Å²) < 4.78 is 0.144. The van der Waals surface area contributed by atoms with Gasteiger partial charge in [0, 0.05) is 74.8 Å². The predicted molar refractivity (Wildman–Crippen MR) is 133 cm³/mol. The molecular formula is C20H46N6OS2. The van der Waals surface area contributed by atoms with Crippen molar-refractivity contribution >= 4 is 31.2 Å². The van der Waals surface area contributed by atoms with Gasteiger partial charge in [-0.2, -0.15) is 25.3 Å². The number of rotatable bonds is 7. The van der Waals surface area contributed by atoms with Crippen molar-refractivity contribution in [3.05, 3.63) is 0 Å². The molecule has 1 saturated heterocycles. The highest BCUT2D eigenvalue weighted by atomic mass is 32.1. The summed E-state index contributed by atoms with van der Waals surface area (Å²) in [7, 11) is 0. The molecule has 6 N–H and O–H groups in total. The van der Waals surface area contributed by atoms with E-state index in [4.69, 9.17) is 0 Å². The summed E-state index contributed by atoms with van der Waals surface area (Å²) in [6.07, 6.45) is 1.70. The summed E-state index contributed by atoms with van der Waals surface area (Å²) in [5, 5.41) is 19.4. The van der Waals surface area contributed by atoms with Gasteiger partial charge in [0.25, 0.3) is 0 Å². The number of thiol groups is 2. The molecule has 0 radical (unpaired) electrons. The minimum atomic E-state index is 0.0722. The van der Waals surface area contributed by atoms with E-state index in [1.54, 1.807) is 0 Å². The Hall–Kier alpha value is -0.0300. The molecule has 9 heteroatoms. The molecule has 1 rings (SSSR count). The van der Waals surface area contributed by atoms with Crippen molar-refractivity contribution in [1.29, 1.82) is 0 Å². The van der Waals surface area contributed by atoms with E-state index in [1.165, 1.54) is 0 Å². The van der Waals surface area contributed by atoms with Crippen LogP contribution in [0.3, 0.4) is 0 Å². The van der Waals surface area contributed by atoms with Gasteiger partial charge in [-0.15, -0.1) is 0 Å². The molecule has 7 nitrogen and oxygen atoms in total. The Morgan fingerprint density at radius 1 is 0.759 bits per heavy atom. The molecule has 29 heavy (non-hydrogen) atoms. The van der Waals surface area contributed by atoms with E-state index in [0.717, 1.165) is 78.4 Å². The molecule has 0 aliphatic carbocycles. The van der Waals surface area contributed by atoms with Crippen molar-refractivity contribution in [2.75, 3.05) is 72.0 Å². The molecule has 1 aliphatic rings. The normalized spacial score (nSPS) is 18.2. The molecule has 0 spiro atoms. The maximum absolute atomic E-state index is 11.3. The average molecular weight is 451 g/mol. The van der Waals surface area contributed by atoms with E-state index in [9.17, 15) is 4.79 Å². The van der Waals surface area contributed by atoms with E-state index in [1.807, 2.05) is 0 Å². The van der Waals surface area contributed by atoms with E-state index in [0.29, 0.717) is 6.42 Å². The minimum absolute atomic E-state index is 0.0722. The van der Waals surface area contributed by atoms with Gasteiger partial charge in [0.05, 0.1) is 0 Å². The molecule has 0 aromatic rings. The largest absolute Gasteiger partial charge is 0.355 e. The summed E-state index contributed by atoms with van der Waals surface area (Å²) in [6, 6.07) is 0. The molecule has 0 bridgehead atoms. The van der Waals surface area contributed by atoms with Crippen molar-refractivity contribution in [2.45, 2.75) is 50.0 Å². The van der Waals surface area contributed by atoms with Gasteiger partial charge in [0.15, 0.2) is 0 Å². The maximum atomic E-state index is 11.3. The van der Waals surface area contributed by atoms with E-state index < -0.39 is 0 Å². The molecular weight excluding hydrogens is 404 g/mol. The summed E-state index contributed by atoms with van der Waals surface area (Å²) in [6.45, 7) is 18.6. The van der Waals surface area contributed by atoms with Crippen molar-refractivity contribution in [2.24, 2.45) is 0 Å². The average Bonchev–Trinajstić information content (AvgIpc) is 2.60. The van der Waals surface area contributed by atoms with Crippen LogP contribution >= 0.6 is 25.3 Å². The lowest BCUT2D eigenvalue weighted by molar-refractivity contribution is -0.120. The van der Waals surface area contributed by atoms with Crippen LogP contribution in [0.2, 0.25) is 0 Å². The highest BCUT2D eigenvalue weighted by Gasteiger charge is 2.11. The van der Waals surface area contributed by atoms with E-state index >= 15 is 0 Å². The quantitative estimate of drug-likeness (QED) is 0.210. The molecule has 1 amide bonds. The summed E-state index contributed by atoms with van der Waals surface area (Å²) >= 11 is 8.86. The third-order valence-electron chi connectivity index (χ3n) is 3.93. The summed E-state index contributed by atoms with van der Waals surface area (Å²) in [4.78, 5) is 11.3. The fraction of sp³-hybridized carbons (Fsp3) is 0.950. The van der Waals surface area contributed by atoms with Crippen LogP contribution in [0.5, 0.6) is 0 Å². The number of carbonyl (C=O) groups is 1. The monoisotopic (exact) mass is 450 g/mol. The van der Waals surface area contributed by atoms with Gasteiger partial charge in [0.2, 0.25) is 5.91 Å². The first kappa shape index (κ1) is 29.0. The van der Waals surface area contributed by atoms with Gasteiger partial charge in [0.1, 0.15) is 0 Å². The van der Waals surface area contributed by atoms with Gasteiger partial charge in [-0.25, -0.2) is 0 Å². The molecule has 0 aromatic carbocycles. The van der Waals surface area contributed by atoms with Crippen molar-refractivity contribution in [3.63, 3.8) is 0 Å². The Labute approximate surface area is 189 Å². The Balaban J connectivity index is 0.000000543. The zero-order chi connectivity index (χ0) is 22.0. The fourth-order valence-corrected chi connectivity index (χ4v) is 2.66. The third-order valence-corrected chi connectivity index (χ3v) is 4.25. The van der Waals surface area contributed by atoms with Gasteiger partial charge in [-0.05, 0) is 47.2 Å². The van der Waals surface area contributed by atoms with Crippen LogP contribution in [-0.4, -0.2) is 87.4 Å². The Bertz CT molecular complexity index is 365. The molecule has 0 aromatic heterocycles. The second kappa shape index (κ2) is 17.6. The molecule has 174 valence electrons. The van der Waals surface area contributed by atoms with Gasteiger partial charge >= 0.3 is 0 Å². The predicted octanol–water partition coefficient (Wildman–Crippen LogP) is 0.248. The smallest absolute Gasteiger partial charge is 0.221 e. The van der Waals surface area contributed by atoms with Gasteiger partial charge in [-0.1, -0.05) is 0 Å². The number of hydrogen-bond acceptors (Lipinski definition) is 8. The Morgan fingerprint density at radius 2 is 1.21 bits per heavy atom. The number of carbonyl (C=O) groups excluding carboxylic acids is 1. The van der Waals surface area contributed by atoms with Crippen LogP contribution in [0.15, 0.2) is 0 Å². The SMILES string of the molecule is CC(C)(S)CNCCNCC(C)(C)S.O=C1CCNCCNCCCNCCN1. The molecule has 1 aliphatic heterocycles. The highest BCUT2D eigenvalue weighted by molar-refractivity contribution is 7.82. The van der Waals surface area contributed by atoms with Crippen LogP contribution in [0.25, 0.3) is 0 Å². The number of amides is 1. The second-order valence-corrected chi connectivity index (χ2v) is 11.1. The van der Waals surface area contributed by atoms with Crippen LogP contribution in [0, 0.1) is 0 Å². The van der Waals surface area contributed by atoms with Crippen LogP contribution in [-0.2, 0) is 4.79 Å². The first-order valence-corrected chi connectivity index (χ1v) is 11.7. The zero-order valence-corrected chi connectivity index (χ0v) is 20.8. The van der Waals surface area contributed by atoms with E-state index in [2.05, 4.69) is 84.9 Å². The summed E-state index contributed by atoms with van der Waals surface area (Å²) in [5.41, 5.74) is 0. The standard InChI is InChI=1S/C10H22N4O.C10H24N2S2/c15-10-2-5-13-7-6-11-3-1-4-12-8-9-14-10;1-9(2,13)7-11-5-6-12-8-10(3,4)14/h11-13H,1-9H2,(H,14,15);11-14H,5-8H2,1-4H3. The lowest BCUT2D eigenvalue weighted by atomic mass is 10.2. The minimum Gasteiger partial charge on any atom is -0.355 e. The number of hydrogen-bond donors (Lipinski definition) is 8.